The Morgan fingerprint density at radius 2 is 2.04 bits per heavy atom. The van der Waals surface area contributed by atoms with Crippen LogP contribution in [-0.4, -0.2) is 18.6 Å². The van der Waals surface area contributed by atoms with Gasteiger partial charge in [-0.1, -0.05) is 13.0 Å². The molecule has 1 amide bonds. The quantitative estimate of drug-likeness (QED) is 0.835. The van der Waals surface area contributed by atoms with Crippen LogP contribution in [-0.2, 0) is 11.2 Å². The molecule has 0 radical (unpaired) electrons. The first-order chi connectivity index (χ1) is 12.2. The molecule has 3 aliphatic carbocycles. The second kappa shape index (κ2) is 6.00. The lowest BCUT2D eigenvalue weighted by molar-refractivity contribution is -0.159. The van der Waals surface area contributed by atoms with E-state index in [0.717, 1.165) is 24.5 Å². The number of hydrogen-bond donors (Lipinski definition) is 1. The van der Waals surface area contributed by atoms with Crippen molar-refractivity contribution in [1.82, 2.24) is 5.32 Å². The van der Waals surface area contributed by atoms with Crippen LogP contribution in [0.5, 0.6) is 5.75 Å². The number of fused-ring (bicyclic) bond motifs is 5. The van der Waals surface area contributed by atoms with Gasteiger partial charge in [0, 0.05) is 11.5 Å². The van der Waals surface area contributed by atoms with E-state index in [1.165, 1.54) is 24.8 Å². The number of nitrogens with one attached hydrogen (secondary N) is 1. The van der Waals surface area contributed by atoms with E-state index in [-0.39, 0.29) is 22.8 Å². The summed E-state index contributed by atoms with van der Waals surface area (Å²) in [4.78, 5) is 12.8. The molecule has 0 aliphatic heterocycles. The number of ether oxygens (including phenoxy) is 1. The van der Waals surface area contributed by atoms with Crippen LogP contribution in [0.25, 0.3) is 0 Å². The molecule has 2 saturated carbocycles. The van der Waals surface area contributed by atoms with E-state index < -0.39 is 0 Å². The van der Waals surface area contributed by atoms with Crippen LogP contribution in [0, 0.1) is 23.2 Å². The highest BCUT2D eigenvalue weighted by Gasteiger charge is 2.60. The number of methoxy groups -OCH3 is 1. The third kappa shape index (κ3) is 2.75. The van der Waals surface area contributed by atoms with Crippen LogP contribution in [0.4, 0.5) is 0 Å². The van der Waals surface area contributed by atoms with E-state index in [4.69, 9.17) is 4.74 Å². The minimum Gasteiger partial charge on any atom is -0.497 e. The summed E-state index contributed by atoms with van der Waals surface area (Å²) in [5.74, 6) is 3.57. The fraction of sp³-hybridized carbons (Fsp3) is 0.696. The van der Waals surface area contributed by atoms with Gasteiger partial charge in [0.2, 0.25) is 5.91 Å². The van der Waals surface area contributed by atoms with Crippen LogP contribution < -0.4 is 10.1 Å². The minimum atomic E-state index is -0.140. The topological polar surface area (TPSA) is 38.3 Å². The van der Waals surface area contributed by atoms with Crippen LogP contribution in [0.15, 0.2) is 18.2 Å². The van der Waals surface area contributed by atoms with Gasteiger partial charge in [-0.25, -0.2) is 0 Å². The summed E-state index contributed by atoms with van der Waals surface area (Å²) in [7, 11) is 1.75. The van der Waals surface area contributed by atoms with Gasteiger partial charge in [-0.2, -0.15) is 0 Å². The van der Waals surface area contributed by atoms with Gasteiger partial charge in [-0.05, 0) is 99.3 Å². The Morgan fingerprint density at radius 1 is 1.27 bits per heavy atom. The van der Waals surface area contributed by atoms with Gasteiger partial charge in [-0.15, -0.1) is 0 Å². The van der Waals surface area contributed by atoms with Gasteiger partial charge in [-0.3, -0.25) is 4.79 Å². The zero-order valence-electron chi connectivity index (χ0n) is 16.9. The molecule has 1 N–H and O–H groups in total. The van der Waals surface area contributed by atoms with E-state index in [1.54, 1.807) is 12.7 Å². The number of rotatable bonds is 2. The summed E-state index contributed by atoms with van der Waals surface area (Å²) in [6.07, 6.45) is 5.88. The minimum absolute atomic E-state index is 0.140. The fourth-order valence-electron chi connectivity index (χ4n) is 6.14. The molecule has 5 atom stereocenters. The van der Waals surface area contributed by atoms with Gasteiger partial charge in [0.25, 0.3) is 0 Å². The predicted molar refractivity (Wildman–Crippen MR) is 104 cm³/mol. The Kier molecular flexibility index (Phi) is 4.13. The molecule has 1 aromatic rings. The monoisotopic (exact) mass is 355 g/mol. The lowest BCUT2D eigenvalue weighted by Crippen LogP contribution is -2.61. The third-order valence-corrected chi connectivity index (χ3v) is 7.47. The Bertz CT molecular complexity index is 719. The van der Waals surface area contributed by atoms with E-state index >= 15 is 0 Å². The summed E-state index contributed by atoms with van der Waals surface area (Å²) in [5, 5.41) is 3.23. The second-order valence-corrected chi connectivity index (χ2v) is 10.1. The molecule has 2 fully saturated rings. The summed E-state index contributed by atoms with van der Waals surface area (Å²) < 4.78 is 5.42. The van der Waals surface area contributed by atoms with Crippen LogP contribution in [0.2, 0.25) is 0 Å². The van der Waals surface area contributed by atoms with Crippen molar-refractivity contribution in [2.75, 3.05) is 7.11 Å². The van der Waals surface area contributed by atoms with Crippen molar-refractivity contribution >= 4 is 5.91 Å². The lowest BCUT2D eigenvalue weighted by atomic mass is 9.42. The van der Waals surface area contributed by atoms with Crippen molar-refractivity contribution in [2.24, 2.45) is 23.2 Å². The van der Waals surface area contributed by atoms with Crippen molar-refractivity contribution in [2.45, 2.75) is 71.3 Å². The number of carbonyl (C=O) groups is 1. The summed E-state index contributed by atoms with van der Waals surface area (Å²) in [6, 6.07) is 6.66. The molecule has 4 rings (SSSR count). The van der Waals surface area contributed by atoms with Gasteiger partial charge in [0.15, 0.2) is 0 Å². The Labute approximate surface area is 157 Å². The molecule has 0 saturated heterocycles. The standard InChI is InChI=1S/C23H33NO2/c1-22(2,3)24-21(25)20-13-19-18-8-6-14-12-15(26-5)7-9-16(14)17(18)10-11-23(19,20)4/h7,9,12,17-20H,6,8,10-11,13H2,1-5H3,(H,24,25). The summed E-state index contributed by atoms with van der Waals surface area (Å²) >= 11 is 0. The van der Waals surface area contributed by atoms with Gasteiger partial charge in [0.1, 0.15) is 5.75 Å². The maximum Gasteiger partial charge on any atom is 0.224 e. The number of hydrogen-bond acceptors (Lipinski definition) is 2. The molecule has 0 heterocycles. The first-order valence-electron chi connectivity index (χ1n) is 10.2. The Balaban J connectivity index is 1.53. The molecular formula is C23H33NO2. The second-order valence-electron chi connectivity index (χ2n) is 10.1. The van der Waals surface area contributed by atoms with Crippen molar-refractivity contribution in [3.8, 4) is 5.75 Å². The molecule has 0 bridgehead atoms. The highest BCUT2D eigenvalue weighted by Crippen LogP contribution is 2.66. The third-order valence-electron chi connectivity index (χ3n) is 7.47. The lowest BCUT2D eigenvalue weighted by Gasteiger charge is -2.62. The van der Waals surface area contributed by atoms with Crippen molar-refractivity contribution in [1.29, 1.82) is 0 Å². The normalized spacial score (nSPS) is 35.4. The number of carbonyl (C=O) groups excluding carboxylic acids is 1. The largest absolute Gasteiger partial charge is 0.497 e. The average molecular weight is 356 g/mol. The van der Waals surface area contributed by atoms with Gasteiger partial charge in [0.05, 0.1) is 7.11 Å². The molecule has 1 aromatic carbocycles. The molecule has 3 aliphatic rings. The van der Waals surface area contributed by atoms with Gasteiger partial charge < -0.3 is 10.1 Å². The number of amides is 1. The fourth-order valence-corrected chi connectivity index (χ4v) is 6.14. The molecular weight excluding hydrogens is 322 g/mol. The SMILES string of the molecule is COc1ccc2c(c1)CCC1C2CCC2(C)C(C(=O)NC(C)(C)C)CC12. The van der Waals surface area contributed by atoms with Crippen molar-refractivity contribution in [3.63, 3.8) is 0 Å². The molecule has 0 aromatic heterocycles. The van der Waals surface area contributed by atoms with Crippen molar-refractivity contribution in [3.05, 3.63) is 29.3 Å². The smallest absolute Gasteiger partial charge is 0.224 e. The number of aryl methyl sites for hydroxylation is 1. The maximum atomic E-state index is 12.8. The van der Waals surface area contributed by atoms with E-state index in [1.807, 2.05) is 0 Å². The van der Waals surface area contributed by atoms with Crippen LogP contribution in [0.3, 0.4) is 0 Å². The van der Waals surface area contributed by atoms with Crippen LogP contribution >= 0.6 is 0 Å². The Hall–Kier alpha value is -1.51. The predicted octanol–water partition coefficient (Wildman–Crippen LogP) is 4.69. The summed E-state index contributed by atoms with van der Waals surface area (Å²) in [6.45, 7) is 8.61. The summed E-state index contributed by atoms with van der Waals surface area (Å²) in [5.41, 5.74) is 3.08. The van der Waals surface area contributed by atoms with Crippen molar-refractivity contribution < 1.29 is 9.53 Å². The number of benzene rings is 1. The highest BCUT2D eigenvalue weighted by atomic mass is 16.5. The molecule has 26 heavy (non-hydrogen) atoms. The molecule has 5 unspecified atom stereocenters. The van der Waals surface area contributed by atoms with E-state index in [9.17, 15) is 4.79 Å². The van der Waals surface area contributed by atoms with Gasteiger partial charge >= 0.3 is 0 Å². The van der Waals surface area contributed by atoms with E-state index in [2.05, 4.69) is 51.2 Å². The molecule has 3 heteroatoms. The zero-order chi connectivity index (χ0) is 18.7. The first-order valence-corrected chi connectivity index (χ1v) is 10.2. The molecule has 0 spiro atoms. The average Bonchev–Trinajstić information content (AvgIpc) is 2.56. The van der Waals surface area contributed by atoms with Crippen LogP contribution in [0.1, 0.15) is 70.4 Å². The Morgan fingerprint density at radius 3 is 2.73 bits per heavy atom. The molecule has 142 valence electrons. The zero-order valence-corrected chi connectivity index (χ0v) is 16.9. The van der Waals surface area contributed by atoms with E-state index in [0.29, 0.717) is 11.8 Å². The molecule has 3 nitrogen and oxygen atoms in total. The maximum absolute atomic E-state index is 12.8. The first kappa shape index (κ1) is 17.9. The highest BCUT2D eigenvalue weighted by molar-refractivity contribution is 5.81.